The Morgan fingerprint density at radius 1 is 1.12 bits per heavy atom. The van der Waals surface area contributed by atoms with Gasteiger partial charge in [0.05, 0.1) is 4.90 Å². The summed E-state index contributed by atoms with van der Waals surface area (Å²) in [5.74, 6) is 0.632. The number of rotatable bonds is 7. The molecule has 2 aromatic rings. The molecular weight excluding hydrogens is 340 g/mol. The number of amides is 1. The predicted octanol–water partition coefficient (Wildman–Crippen LogP) is 3.02. The summed E-state index contributed by atoms with van der Waals surface area (Å²) in [5.41, 5.74) is 1.24. The average molecular weight is 362 g/mol. The Morgan fingerprint density at radius 3 is 2.40 bits per heavy atom. The van der Waals surface area contributed by atoms with Crippen molar-refractivity contribution in [3.05, 3.63) is 41.9 Å². The van der Waals surface area contributed by atoms with Crippen LogP contribution in [0, 0.1) is 13.8 Å². The van der Waals surface area contributed by atoms with Crippen LogP contribution in [-0.4, -0.2) is 24.3 Å². The van der Waals surface area contributed by atoms with Crippen LogP contribution in [0.4, 0.5) is 11.5 Å². The summed E-state index contributed by atoms with van der Waals surface area (Å²) in [4.78, 5) is 20.0. The van der Waals surface area contributed by atoms with Gasteiger partial charge in [0, 0.05) is 23.9 Å². The number of benzene rings is 1. The summed E-state index contributed by atoms with van der Waals surface area (Å²) in [5, 5.41) is 2.75. The van der Waals surface area contributed by atoms with E-state index in [2.05, 4.69) is 20.0 Å². The standard InChI is InChI=1S/C17H22N4O3S/c1-4-5-6-17(22)20-14-7-9-15(10-8-14)25(23,24)21-16-11-12(2)18-13(3)19-16/h7-11H,4-6H2,1-3H3,(H,20,22)(H,18,19,21). The van der Waals surface area contributed by atoms with Crippen molar-refractivity contribution in [2.24, 2.45) is 0 Å². The quantitative estimate of drug-likeness (QED) is 0.788. The van der Waals surface area contributed by atoms with E-state index in [0.29, 0.717) is 23.6 Å². The number of carbonyl (C=O) groups is 1. The van der Waals surface area contributed by atoms with Crippen LogP contribution < -0.4 is 10.0 Å². The average Bonchev–Trinajstić information content (AvgIpc) is 2.52. The molecule has 1 amide bonds. The van der Waals surface area contributed by atoms with Crippen LogP contribution in [0.1, 0.15) is 37.7 Å². The van der Waals surface area contributed by atoms with Crippen LogP contribution in [0.2, 0.25) is 0 Å². The minimum Gasteiger partial charge on any atom is -0.326 e. The number of unbranched alkanes of at least 4 members (excludes halogenated alkanes) is 1. The molecule has 0 saturated carbocycles. The number of aromatic nitrogens is 2. The lowest BCUT2D eigenvalue weighted by Gasteiger charge is -2.10. The highest BCUT2D eigenvalue weighted by Gasteiger charge is 2.15. The monoisotopic (exact) mass is 362 g/mol. The maximum atomic E-state index is 12.4. The molecular formula is C17H22N4O3S. The highest BCUT2D eigenvalue weighted by Crippen LogP contribution is 2.18. The topological polar surface area (TPSA) is 101 Å². The van der Waals surface area contributed by atoms with Crippen LogP contribution in [0.3, 0.4) is 0 Å². The van der Waals surface area contributed by atoms with Crippen LogP contribution in [-0.2, 0) is 14.8 Å². The van der Waals surface area contributed by atoms with Gasteiger partial charge in [-0.1, -0.05) is 13.3 Å². The number of anilines is 2. The molecule has 1 heterocycles. The number of nitrogens with one attached hydrogen (secondary N) is 2. The van der Waals surface area contributed by atoms with Gasteiger partial charge in [-0.3, -0.25) is 9.52 Å². The highest BCUT2D eigenvalue weighted by atomic mass is 32.2. The molecule has 0 aliphatic rings. The molecule has 0 radical (unpaired) electrons. The van der Waals surface area contributed by atoms with Crippen molar-refractivity contribution in [1.29, 1.82) is 0 Å². The van der Waals surface area contributed by atoms with Crippen LogP contribution >= 0.6 is 0 Å². The minimum absolute atomic E-state index is 0.0810. The summed E-state index contributed by atoms with van der Waals surface area (Å²) >= 11 is 0. The summed E-state index contributed by atoms with van der Waals surface area (Å²) < 4.78 is 27.3. The van der Waals surface area contributed by atoms with Gasteiger partial charge in [0.2, 0.25) is 5.91 Å². The second-order valence-corrected chi connectivity index (χ2v) is 7.41. The largest absolute Gasteiger partial charge is 0.326 e. The van der Waals surface area contributed by atoms with Gasteiger partial charge in [-0.2, -0.15) is 0 Å². The molecule has 0 saturated heterocycles. The maximum absolute atomic E-state index is 12.4. The third-order valence-electron chi connectivity index (χ3n) is 3.41. The van der Waals surface area contributed by atoms with Gasteiger partial charge in [0.25, 0.3) is 10.0 Å². The second kappa shape index (κ2) is 8.06. The Bertz CT molecular complexity index is 828. The molecule has 0 unspecified atom stereocenters. The van der Waals surface area contributed by atoms with Gasteiger partial charge >= 0.3 is 0 Å². The molecule has 25 heavy (non-hydrogen) atoms. The summed E-state index contributed by atoms with van der Waals surface area (Å²) in [7, 11) is -3.76. The highest BCUT2D eigenvalue weighted by molar-refractivity contribution is 7.92. The number of hydrogen-bond acceptors (Lipinski definition) is 5. The fourth-order valence-electron chi connectivity index (χ4n) is 2.24. The number of aryl methyl sites for hydroxylation is 2. The normalized spacial score (nSPS) is 11.2. The van der Waals surface area contributed by atoms with Gasteiger partial charge < -0.3 is 5.32 Å². The van der Waals surface area contributed by atoms with E-state index >= 15 is 0 Å². The van der Waals surface area contributed by atoms with Gasteiger partial charge in [-0.05, 0) is 44.5 Å². The number of carbonyl (C=O) groups excluding carboxylic acids is 1. The van der Waals surface area contributed by atoms with Gasteiger partial charge in [-0.25, -0.2) is 18.4 Å². The first-order chi connectivity index (χ1) is 11.8. The minimum atomic E-state index is -3.76. The Kier molecular flexibility index (Phi) is 6.08. The smallest absolute Gasteiger partial charge is 0.263 e. The molecule has 0 fully saturated rings. The fraction of sp³-hybridized carbons (Fsp3) is 0.353. The van der Waals surface area contributed by atoms with E-state index < -0.39 is 10.0 Å². The lowest BCUT2D eigenvalue weighted by atomic mass is 10.2. The number of hydrogen-bond donors (Lipinski definition) is 2. The summed E-state index contributed by atoms with van der Waals surface area (Å²) in [6.07, 6.45) is 2.21. The van der Waals surface area contributed by atoms with E-state index in [-0.39, 0.29) is 16.6 Å². The van der Waals surface area contributed by atoms with E-state index in [4.69, 9.17) is 0 Å². The molecule has 0 atom stereocenters. The molecule has 8 heteroatoms. The maximum Gasteiger partial charge on any atom is 0.263 e. The first kappa shape index (κ1) is 18.9. The molecule has 0 bridgehead atoms. The van der Waals surface area contributed by atoms with Crippen LogP contribution in [0.25, 0.3) is 0 Å². The fourth-order valence-corrected chi connectivity index (χ4v) is 3.24. The second-order valence-electron chi connectivity index (χ2n) is 5.72. The van der Waals surface area contributed by atoms with E-state index in [0.717, 1.165) is 12.8 Å². The zero-order chi connectivity index (χ0) is 18.4. The van der Waals surface area contributed by atoms with Crippen molar-refractivity contribution in [2.45, 2.75) is 44.9 Å². The van der Waals surface area contributed by atoms with Crippen LogP contribution in [0.5, 0.6) is 0 Å². The Labute approximate surface area is 148 Å². The van der Waals surface area contributed by atoms with Crippen molar-refractivity contribution in [3.8, 4) is 0 Å². The molecule has 0 spiro atoms. The third kappa shape index (κ3) is 5.53. The Hall–Kier alpha value is -2.48. The lowest BCUT2D eigenvalue weighted by molar-refractivity contribution is -0.116. The third-order valence-corrected chi connectivity index (χ3v) is 4.78. The lowest BCUT2D eigenvalue weighted by Crippen LogP contribution is -2.15. The zero-order valence-electron chi connectivity index (χ0n) is 14.5. The first-order valence-corrected chi connectivity index (χ1v) is 9.53. The summed E-state index contributed by atoms with van der Waals surface area (Å²) in [6.45, 7) is 5.48. The molecule has 0 aliphatic carbocycles. The van der Waals surface area contributed by atoms with Gasteiger partial charge in [0.1, 0.15) is 11.6 Å². The molecule has 7 nitrogen and oxygen atoms in total. The van der Waals surface area contributed by atoms with E-state index in [1.807, 2.05) is 6.92 Å². The van der Waals surface area contributed by atoms with Gasteiger partial charge in [-0.15, -0.1) is 0 Å². The molecule has 0 aliphatic heterocycles. The van der Waals surface area contributed by atoms with Crippen molar-refractivity contribution in [3.63, 3.8) is 0 Å². The zero-order valence-corrected chi connectivity index (χ0v) is 15.4. The number of sulfonamides is 1. The van der Waals surface area contributed by atoms with E-state index in [1.54, 1.807) is 32.0 Å². The predicted molar refractivity (Wildman–Crippen MR) is 96.9 cm³/mol. The molecule has 2 rings (SSSR count). The molecule has 134 valence electrons. The van der Waals surface area contributed by atoms with Gasteiger partial charge in [0.15, 0.2) is 0 Å². The van der Waals surface area contributed by atoms with Crippen molar-refractivity contribution >= 4 is 27.4 Å². The van der Waals surface area contributed by atoms with Crippen LogP contribution in [0.15, 0.2) is 35.2 Å². The van der Waals surface area contributed by atoms with Crippen molar-refractivity contribution in [2.75, 3.05) is 10.0 Å². The Balaban J connectivity index is 2.10. The van der Waals surface area contributed by atoms with E-state index in [9.17, 15) is 13.2 Å². The SMILES string of the molecule is CCCCC(=O)Nc1ccc(S(=O)(=O)Nc2cc(C)nc(C)n2)cc1. The molecule has 1 aromatic heterocycles. The molecule has 2 N–H and O–H groups in total. The van der Waals surface area contributed by atoms with Crippen molar-refractivity contribution in [1.82, 2.24) is 9.97 Å². The Morgan fingerprint density at radius 2 is 1.80 bits per heavy atom. The number of nitrogens with zero attached hydrogens (tertiary/aromatic N) is 2. The first-order valence-electron chi connectivity index (χ1n) is 8.05. The molecule has 1 aromatic carbocycles. The van der Waals surface area contributed by atoms with E-state index in [1.165, 1.54) is 12.1 Å². The summed E-state index contributed by atoms with van der Waals surface area (Å²) in [6, 6.07) is 7.58. The van der Waals surface area contributed by atoms with Crippen molar-refractivity contribution < 1.29 is 13.2 Å².